The van der Waals surface area contributed by atoms with Crippen LogP contribution in [0.3, 0.4) is 0 Å². The van der Waals surface area contributed by atoms with Gasteiger partial charge in [-0.25, -0.2) is 0 Å². The molecule has 0 fully saturated rings. The maximum Gasteiger partial charge on any atom is 0.0699 e. The van der Waals surface area contributed by atoms with Crippen molar-refractivity contribution in [1.82, 2.24) is 0 Å². The third-order valence-electron chi connectivity index (χ3n) is 2.35. The highest BCUT2D eigenvalue weighted by Gasteiger charge is 2.30. The molecule has 0 aliphatic carbocycles. The van der Waals surface area contributed by atoms with Gasteiger partial charge in [0, 0.05) is 0 Å². The Morgan fingerprint density at radius 3 is 1.92 bits per heavy atom. The summed E-state index contributed by atoms with van der Waals surface area (Å²) in [6.45, 7) is 11.5. The second-order valence-electron chi connectivity index (χ2n) is 3.41. The molecule has 0 aliphatic rings. The van der Waals surface area contributed by atoms with Crippen molar-refractivity contribution < 1.29 is 0 Å². The lowest BCUT2D eigenvalue weighted by molar-refractivity contribution is 0.283. The zero-order chi connectivity index (χ0) is 9.61. The van der Waals surface area contributed by atoms with Crippen molar-refractivity contribution in [3.8, 4) is 6.07 Å². The first-order valence-corrected chi connectivity index (χ1v) is 4.26. The van der Waals surface area contributed by atoms with E-state index in [1.807, 2.05) is 12.2 Å². The van der Waals surface area contributed by atoms with Crippen LogP contribution in [0, 0.1) is 22.7 Å². The Labute approximate surface area is 75.4 Å². The molecule has 0 radical (unpaired) electrons. The molecule has 0 aromatic carbocycles. The van der Waals surface area contributed by atoms with E-state index in [-0.39, 0.29) is 5.41 Å². The molecule has 0 saturated heterocycles. The predicted molar refractivity (Wildman–Crippen MR) is 52.5 cm³/mol. The molecular weight excluding hydrogens is 146 g/mol. The van der Waals surface area contributed by atoms with E-state index < -0.39 is 0 Å². The predicted octanol–water partition coefficient (Wildman–Crippen LogP) is 3.30. The SMILES string of the molecule is C=CCC(C#N)(CC=C)C(C)C. The smallest absolute Gasteiger partial charge is 0.0699 e. The number of hydrogen-bond acceptors (Lipinski definition) is 1. The molecule has 1 heteroatoms. The summed E-state index contributed by atoms with van der Waals surface area (Å²) in [5, 5.41) is 9.06. The van der Waals surface area contributed by atoms with Gasteiger partial charge in [-0.3, -0.25) is 0 Å². The molecule has 1 nitrogen and oxygen atoms in total. The van der Waals surface area contributed by atoms with Crippen LogP contribution in [0.5, 0.6) is 0 Å². The van der Waals surface area contributed by atoms with Gasteiger partial charge < -0.3 is 0 Å². The van der Waals surface area contributed by atoms with E-state index in [1.165, 1.54) is 0 Å². The molecule has 0 atom stereocenters. The Hall–Kier alpha value is -1.03. The third kappa shape index (κ3) is 2.23. The molecule has 0 aromatic rings. The zero-order valence-corrected chi connectivity index (χ0v) is 8.01. The van der Waals surface area contributed by atoms with Crippen molar-refractivity contribution >= 4 is 0 Å². The Kier molecular flexibility index (Phi) is 4.36. The quantitative estimate of drug-likeness (QED) is 0.570. The van der Waals surface area contributed by atoms with Crippen LogP contribution in [0.15, 0.2) is 25.3 Å². The summed E-state index contributed by atoms with van der Waals surface area (Å²) in [5.74, 6) is 0.346. The van der Waals surface area contributed by atoms with Gasteiger partial charge in [-0.2, -0.15) is 5.26 Å². The Morgan fingerprint density at radius 1 is 1.33 bits per heavy atom. The third-order valence-corrected chi connectivity index (χ3v) is 2.35. The average molecular weight is 163 g/mol. The molecule has 0 bridgehead atoms. The lowest BCUT2D eigenvalue weighted by Crippen LogP contribution is -2.23. The van der Waals surface area contributed by atoms with Gasteiger partial charge in [0.05, 0.1) is 11.5 Å². The second-order valence-corrected chi connectivity index (χ2v) is 3.41. The summed E-state index contributed by atoms with van der Waals surface area (Å²) in [5.41, 5.74) is -0.288. The summed E-state index contributed by atoms with van der Waals surface area (Å²) in [4.78, 5) is 0. The van der Waals surface area contributed by atoms with Crippen LogP contribution in [0.25, 0.3) is 0 Å². The number of hydrogen-bond donors (Lipinski definition) is 0. The van der Waals surface area contributed by atoms with Gasteiger partial charge in [0.1, 0.15) is 0 Å². The summed E-state index contributed by atoms with van der Waals surface area (Å²) in [6, 6.07) is 2.37. The molecule has 0 saturated carbocycles. The minimum Gasteiger partial charge on any atom is -0.198 e. The fraction of sp³-hybridized carbons (Fsp3) is 0.545. The molecule has 12 heavy (non-hydrogen) atoms. The molecule has 66 valence electrons. The van der Waals surface area contributed by atoms with E-state index in [1.54, 1.807) is 0 Å². The molecule has 0 aliphatic heterocycles. The molecule has 0 rings (SSSR count). The first-order chi connectivity index (χ1) is 5.63. The van der Waals surface area contributed by atoms with E-state index in [4.69, 9.17) is 5.26 Å². The van der Waals surface area contributed by atoms with E-state index >= 15 is 0 Å². The van der Waals surface area contributed by atoms with Crippen molar-refractivity contribution in [1.29, 1.82) is 5.26 Å². The number of nitrogens with zero attached hydrogens (tertiary/aromatic N) is 1. The van der Waals surface area contributed by atoms with Gasteiger partial charge >= 0.3 is 0 Å². The standard InChI is InChI=1S/C11H17N/c1-5-7-11(9-12,8-6-2)10(3)4/h5-6,10H,1-2,7-8H2,3-4H3. The normalized spacial score (nSPS) is 10.8. The molecule has 0 amide bonds. The van der Waals surface area contributed by atoms with Crippen LogP contribution in [0.1, 0.15) is 26.7 Å². The first-order valence-electron chi connectivity index (χ1n) is 4.26. The van der Waals surface area contributed by atoms with Crippen LogP contribution >= 0.6 is 0 Å². The lowest BCUT2D eigenvalue weighted by Gasteiger charge is -2.28. The molecule has 0 N–H and O–H groups in total. The minimum absolute atomic E-state index is 0.288. The van der Waals surface area contributed by atoms with Gasteiger partial charge in [0.25, 0.3) is 0 Å². The number of nitriles is 1. The van der Waals surface area contributed by atoms with Crippen molar-refractivity contribution in [3.05, 3.63) is 25.3 Å². The minimum atomic E-state index is -0.288. The van der Waals surface area contributed by atoms with Crippen molar-refractivity contribution in [2.24, 2.45) is 11.3 Å². The molecular formula is C11H17N. The highest BCUT2D eigenvalue weighted by molar-refractivity contribution is 5.07. The van der Waals surface area contributed by atoms with Crippen LogP contribution < -0.4 is 0 Å². The summed E-state index contributed by atoms with van der Waals surface area (Å²) in [7, 11) is 0. The molecule has 0 spiro atoms. The Balaban J connectivity index is 4.64. The van der Waals surface area contributed by atoms with Gasteiger partial charge in [-0.15, -0.1) is 13.2 Å². The average Bonchev–Trinajstić information content (AvgIpc) is 2.03. The highest BCUT2D eigenvalue weighted by atomic mass is 14.4. The first kappa shape index (κ1) is 11.0. The summed E-state index contributed by atoms with van der Waals surface area (Å²) >= 11 is 0. The summed E-state index contributed by atoms with van der Waals surface area (Å²) < 4.78 is 0. The van der Waals surface area contributed by atoms with Crippen molar-refractivity contribution in [3.63, 3.8) is 0 Å². The van der Waals surface area contributed by atoms with E-state index in [0.717, 1.165) is 12.8 Å². The fourth-order valence-electron chi connectivity index (χ4n) is 1.29. The Bertz CT molecular complexity index is 186. The number of rotatable bonds is 5. The van der Waals surface area contributed by atoms with Gasteiger partial charge in [-0.05, 0) is 18.8 Å². The monoisotopic (exact) mass is 163 g/mol. The molecule has 0 unspecified atom stereocenters. The zero-order valence-electron chi connectivity index (χ0n) is 8.01. The van der Waals surface area contributed by atoms with Crippen LogP contribution in [0.2, 0.25) is 0 Å². The Morgan fingerprint density at radius 2 is 1.75 bits per heavy atom. The van der Waals surface area contributed by atoms with E-state index in [2.05, 4.69) is 33.1 Å². The molecule has 0 aromatic heterocycles. The van der Waals surface area contributed by atoms with Gasteiger partial charge in [-0.1, -0.05) is 26.0 Å². The topological polar surface area (TPSA) is 23.8 Å². The molecule has 0 heterocycles. The van der Waals surface area contributed by atoms with Crippen LogP contribution in [-0.2, 0) is 0 Å². The van der Waals surface area contributed by atoms with Gasteiger partial charge in [0.15, 0.2) is 0 Å². The van der Waals surface area contributed by atoms with Crippen LogP contribution in [0.4, 0.5) is 0 Å². The maximum absolute atomic E-state index is 9.06. The fourth-order valence-corrected chi connectivity index (χ4v) is 1.29. The number of allylic oxidation sites excluding steroid dienone is 2. The van der Waals surface area contributed by atoms with E-state index in [9.17, 15) is 0 Å². The highest BCUT2D eigenvalue weighted by Crippen LogP contribution is 2.35. The summed E-state index contributed by atoms with van der Waals surface area (Å²) in [6.07, 6.45) is 5.11. The maximum atomic E-state index is 9.06. The largest absolute Gasteiger partial charge is 0.198 e. The lowest BCUT2D eigenvalue weighted by atomic mass is 9.73. The van der Waals surface area contributed by atoms with Gasteiger partial charge in [0.2, 0.25) is 0 Å². The van der Waals surface area contributed by atoms with Crippen molar-refractivity contribution in [2.45, 2.75) is 26.7 Å². The second kappa shape index (κ2) is 4.77. The van der Waals surface area contributed by atoms with Crippen molar-refractivity contribution in [2.75, 3.05) is 0 Å². The van der Waals surface area contributed by atoms with E-state index in [0.29, 0.717) is 5.92 Å². The van der Waals surface area contributed by atoms with Crippen LogP contribution in [-0.4, -0.2) is 0 Å².